The minimum Gasteiger partial charge on any atom is -0.378 e. The maximum atomic E-state index is 13.1. The number of halogens is 3. The number of benzene rings is 1. The number of nitrogens with one attached hydrogen (secondary N) is 1. The van der Waals surface area contributed by atoms with Crippen LogP contribution in [0.1, 0.15) is 0 Å². The zero-order chi connectivity index (χ0) is 13.8. The smallest absolute Gasteiger partial charge is 0.242 e. The molecule has 1 aliphatic heterocycles. The third-order valence-electron chi connectivity index (χ3n) is 2.79. The molecule has 0 saturated carbocycles. The van der Waals surface area contributed by atoms with Crippen LogP contribution in [0.5, 0.6) is 0 Å². The molecule has 19 heavy (non-hydrogen) atoms. The molecule has 7 heteroatoms. The Morgan fingerprint density at radius 2 is 2.16 bits per heavy atom. The van der Waals surface area contributed by atoms with Gasteiger partial charge in [0, 0.05) is 17.6 Å². The van der Waals surface area contributed by atoms with Gasteiger partial charge in [-0.25, -0.2) is 4.39 Å². The molecular weight excluding hydrogens is 338 g/mol. The molecule has 1 aromatic rings. The number of morpholine rings is 1. The summed E-state index contributed by atoms with van der Waals surface area (Å²) in [6.45, 7) is 2.43. The number of rotatable bonds is 3. The first-order valence-corrected chi connectivity index (χ1v) is 6.99. The molecule has 0 atom stereocenters. The van der Waals surface area contributed by atoms with Crippen LogP contribution in [0.15, 0.2) is 16.6 Å². The maximum absolute atomic E-state index is 13.1. The number of anilines is 1. The van der Waals surface area contributed by atoms with Gasteiger partial charge in [-0.3, -0.25) is 4.79 Å². The molecule has 1 aliphatic rings. The summed E-state index contributed by atoms with van der Waals surface area (Å²) in [7, 11) is 0. The van der Waals surface area contributed by atoms with Crippen molar-refractivity contribution in [1.29, 1.82) is 0 Å². The Morgan fingerprint density at radius 3 is 2.79 bits per heavy atom. The third-order valence-corrected chi connectivity index (χ3v) is 3.71. The molecule has 1 amide bonds. The Bertz CT molecular complexity index is 458. The average Bonchev–Trinajstić information content (AvgIpc) is 2.38. The lowest BCUT2D eigenvalue weighted by molar-refractivity contribution is -0.133. The fourth-order valence-corrected chi connectivity index (χ4v) is 2.76. The Kier molecular flexibility index (Phi) is 5.01. The lowest BCUT2D eigenvalue weighted by atomic mass is 10.3. The van der Waals surface area contributed by atoms with Gasteiger partial charge < -0.3 is 15.0 Å². The first-order valence-electron chi connectivity index (χ1n) is 5.82. The Morgan fingerprint density at radius 1 is 1.47 bits per heavy atom. The first-order chi connectivity index (χ1) is 9.08. The van der Waals surface area contributed by atoms with Gasteiger partial charge >= 0.3 is 0 Å². The summed E-state index contributed by atoms with van der Waals surface area (Å²) < 4.78 is 18.7. The summed E-state index contributed by atoms with van der Waals surface area (Å²) in [5.41, 5.74) is 0.518. The Labute approximate surface area is 124 Å². The van der Waals surface area contributed by atoms with Gasteiger partial charge in [0.05, 0.1) is 30.5 Å². The van der Waals surface area contributed by atoms with Crippen molar-refractivity contribution in [2.24, 2.45) is 0 Å². The topological polar surface area (TPSA) is 41.6 Å². The highest BCUT2D eigenvalue weighted by molar-refractivity contribution is 9.10. The Balaban J connectivity index is 1.96. The number of amides is 1. The minimum absolute atomic E-state index is 0.0319. The molecule has 1 saturated heterocycles. The molecule has 1 heterocycles. The van der Waals surface area contributed by atoms with Gasteiger partial charge in [-0.1, -0.05) is 11.6 Å². The molecular formula is C12H13BrClFN2O2. The highest BCUT2D eigenvalue weighted by Crippen LogP contribution is 2.31. The van der Waals surface area contributed by atoms with E-state index >= 15 is 0 Å². The fraction of sp³-hybridized carbons (Fsp3) is 0.417. The van der Waals surface area contributed by atoms with Crippen molar-refractivity contribution in [2.75, 3.05) is 38.2 Å². The number of ether oxygens (including phenoxy) is 1. The van der Waals surface area contributed by atoms with Crippen LogP contribution in [0.25, 0.3) is 0 Å². The maximum Gasteiger partial charge on any atom is 0.242 e. The van der Waals surface area contributed by atoms with E-state index in [1.165, 1.54) is 12.1 Å². The molecule has 0 bridgehead atoms. The van der Waals surface area contributed by atoms with Crippen LogP contribution in [-0.4, -0.2) is 43.7 Å². The SMILES string of the molecule is O=C(CNc1c(Cl)cc(F)cc1Br)N1CCOCC1. The highest BCUT2D eigenvalue weighted by atomic mass is 79.9. The van der Waals surface area contributed by atoms with Crippen LogP contribution in [0.4, 0.5) is 10.1 Å². The molecule has 2 rings (SSSR count). The molecule has 0 aromatic heterocycles. The van der Waals surface area contributed by atoms with Crippen LogP contribution >= 0.6 is 27.5 Å². The average molecular weight is 352 g/mol. The predicted octanol–water partition coefficient (Wildman–Crippen LogP) is 2.51. The lowest BCUT2D eigenvalue weighted by Crippen LogP contribution is -2.43. The van der Waals surface area contributed by atoms with E-state index in [1.54, 1.807) is 4.90 Å². The second-order valence-corrected chi connectivity index (χ2v) is 5.35. The van der Waals surface area contributed by atoms with Crippen molar-refractivity contribution >= 4 is 39.1 Å². The van der Waals surface area contributed by atoms with E-state index in [0.717, 1.165) is 0 Å². The van der Waals surface area contributed by atoms with Gasteiger partial charge in [0.15, 0.2) is 0 Å². The minimum atomic E-state index is -0.429. The van der Waals surface area contributed by atoms with Gasteiger partial charge in [-0.05, 0) is 28.1 Å². The first kappa shape index (κ1) is 14.6. The second kappa shape index (κ2) is 6.54. The second-order valence-electron chi connectivity index (χ2n) is 4.09. The normalized spacial score (nSPS) is 15.4. The van der Waals surface area contributed by atoms with Gasteiger partial charge in [0.1, 0.15) is 5.82 Å². The van der Waals surface area contributed by atoms with Gasteiger partial charge in [0.2, 0.25) is 5.91 Å². The third kappa shape index (κ3) is 3.81. The van der Waals surface area contributed by atoms with Crippen LogP contribution in [0.2, 0.25) is 5.02 Å². The summed E-state index contributed by atoms with van der Waals surface area (Å²) in [5, 5.41) is 3.17. The highest BCUT2D eigenvalue weighted by Gasteiger charge is 2.17. The van der Waals surface area contributed by atoms with E-state index < -0.39 is 5.82 Å². The van der Waals surface area contributed by atoms with E-state index in [4.69, 9.17) is 16.3 Å². The van der Waals surface area contributed by atoms with Crippen molar-refractivity contribution in [2.45, 2.75) is 0 Å². The number of carbonyl (C=O) groups excluding carboxylic acids is 1. The van der Waals surface area contributed by atoms with Gasteiger partial charge in [-0.15, -0.1) is 0 Å². The molecule has 104 valence electrons. The van der Waals surface area contributed by atoms with Crippen LogP contribution in [-0.2, 0) is 9.53 Å². The van der Waals surface area contributed by atoms with Crippen LogP contribution in [0, 0.1) is 5.82 Å². The quantitative estimate of drug-likeness (QED) is 0.910. The van der Waals surface area contributed by atoms with Crippen molar-refractivity contribution in [3.05, 3.63) is 27.4 Å². The number of nitrogens with zero attached hydrogens (tertiary/aromatic N) is 1. The largest absolute Gasteiger partial charge is 0.378 e. The summed E-state index contributed by atoms with van der Waals surface area (Å²) >= 11 is 9.14. The lowest BCUT2D eigenvalue weighted by Gasteiger charge is -2.27. The molecule has 1 fully saturated rings. The van der Waals surface area contributed by atoms with Crippen molar-refractivity contribution < 1.29 is 13.9 Å². The summed E-state index contributed by atoms with van der Waals surface area (Å²) in [4.78, 5) is 13.7. The molecule has 1 N–H and O–H groups in total. The zero-order valence-corrected chi connectivity index (χ0v) is 12.4. The monoisotopic (exact) mass is 350 g/mol. The van der Waals surface area contributed by atoms with Crippen LogP contribution in [0.3, 0.4) is 0 Å². The molecule has 0 radical (unpaired) electrons. The fourth-order valence-electron chi connectivity index (χ4n) is 1.80. The van der Waals surface area contributed by atoms with Crippen molar-refractivity contribution in [3.63, 3.8) is 0 Å². The van der Waals surface area contributed by atoms with E-state index in [2.05, 4.69) is 21.2 Å². The molecule has 0 spiro atoms. The van der Waals surface area contributed by atoms with E-state index in [0.29, 0.717) is 36.5 Å². The van der Waals surface area contributed by atoms with Gasteiger partial charge in [-0.2, -0.15) is 0 Å². The Hall–Kier alpha value is -0.850. The summed E-state index contributed by atoms with van der Waals surface area (Å²) in [5.74, 6) is -0.461. The number of carbonyl (C=O) groups is 1. The molecule has 1 aromatic carbocycles. The van der Waals surface area contributed by atoms with Gasteiger partial charge in [0.25, 0.3) is 0 Å². The zero-order valence-electron chi connectivity index (χ0n) is 10.1. The molecule has 4 nitrogen and oxygen atoms in total. The predicted molar refractivity (Wildman–Crippen MR) is 75.0 cm³/mol. The standard InChI is InChI=1S/C12H13BrClFN2O2/c13-9-5-8(15)6-10(14)12(9)16-7-11(18)17-1-3-19-4-2-17/h5-6,16H,1-4,7H2. The summed E-state index contributed by atoms with van der Waals surface area (Å²) in [6.07, 6.45) is 0. The van der Waals surface area contributed by atoms with Crippen LogP contribution < -0.4 is 5.32 Å². The van der Waals surface area contributed by atoms with Crippen molar-refractivity contribution in [1.82, 2.24) is 4.90 Å². The van der Waals surface area contributed by atoms with E-state index in [-0.39, 0.29) is 17.5 Å². The number of hydrogen-bond acceptors (Lipinski definition) is 3. The van der Waals surface area contributed by atoms with E-state index in [9.17, 15) is 9.18 Å². The molecule has 0 unspecified atom stereocenters. The van der Waals surface area contributed by atoms with E-state index in [1.807, 2.05) is 0 Å². The number of hydrogen-bond donors (Lipinski definition) is 1. The van der Waals surface area contributed by atoms with Crippen molar-refractivity contribution in [3.8, 4) is 0 Å². The summed E-state index contributed by atoms with van der Waals surface area (Å²) in [6, 6.07) is 2.50. The molecule has 0 aliphatic carbocycles.